The molecule has 0 saturated carbocycles. The van der Waals surface area contributed by atoms with Gasteiger partial charge in [0.25, 0.3) is 0 Å². The van der Waals surface area contributed by atoms with Gasteiger partial charge in [-0.3, -0.25) is 0 Å². The Kier molecular flexibility index (Phi) is 4.37. The van der Waals surface area contributed by atoms with Gasteiger partial charge in [-0.1, -0.05) is 0 Å². The first-order valence-corrected chi connectivity index (χ1v) is 5.02. The fourth-order valence-electron chi connectivity index (χ4n) is 1.43. The Morgan fingerprint density at radius 1 is 1.33 bits per heavy atom. The normalized spacial score (nSPS) is 10.1. The van der Waals surface area contributed by atoms with Crippen molar-refractivity contribution in [2.75, 3.05) is 44.4 Å². The maximum atomic E-state index is 13.1. The van der Waals surface area contributed by atoms with Gasteiger partial charge in [-0.25, -0.2) is 4.39 Å². The molecule has 1 rings (SSSR count). The van der Waals surface area contributed by atoms with E-state index >= 15 is 0 Å². The van der Waals surface area contributed by atoms with Gasteiger partial charge in [0, 0.05) is 27.2 Å². The van der Waals surface area contributed by atoms with Crippen molar-refractivity contribution < 1.29 is 4.39 Å². The molecule has 0 aliphatic heterocycles. The molecule has 1 aromatic carbocycles. The van der Waals surface area contributed by atoms with Crippen LogP contribution in [0.25, 0.3) is 0 Å². The van der Waals surface area contributed by atoms with E-state index in [1.54, 1.807) is 12.1 Å². The van der Waals surface area contributed by atoms with E-state index in [-0.39, 0.29) is 5.82 Å². The zero-order valence-electron chi connectivity index (χ0n) is 9.47. The lowest BCUT2D eigenvalue weighted by Crippen LogP contribution is -2.27. The minimum absolute atomic E-state index is 0.208. The molecule has 3 nitrogen and oxygen atoms in total. The van der Waals surface area contributed by atoms with Crippen LogP contribution < -0.4 is 15.5 Å². The van der Waals surface area contributed by atoms with Crippen molar-refractivity contribution in [3.05, 3.63) is 24.0 Å². The third kappa shape index (κ3) is 3.09. The van der Waals surface area contributed by atoms with Crippen LogP contribution in [0.5, 0.6) is 0 Å². The minimum Gasteiger partial charge on any atom is -0.386 e. The lowest BCUT2D eigenvalue weighted by atomic mass is 10.2. The highest BCUT2D eigenvalue weighted by atomic mass is 19.1. The van der Waals surface area contributed by atoms with Gasteiger partial charge in [0.1, 0.15) is 5.82 Å². The fourth-order valence-corrected chi connectivity index (χ4v) is 1.43. The van der Waals surface area contributed by atoms with E-state index in [9.17, 15) is 4.39 Å². The number of hydrogen-bond acceptors (Lipinski definition) is 3. The van der Waals surface area contributed by atoms with Gasteiger partial charge < -0.3 is 15.5 Å². The van der Waals surface area contributed by atoms with Crippen molar-refractivity contribution in [3.8, 4) is 0 Å². The van der Waals surface area contributed by atoms with Gasteiger partial charge in [0.05, 0.1) is 11.4 Å². The second-order valence-electron chi connectivity index (χ2n) is 3.44. The van der Waals surface area contributed by atoms with Gasteiger partial charge in [0.2, 0.25) is 0 Å². The SMILES string of the molecule is CNCCN(C)c1cc(F)ccc1NC. The lowest BCUT2D eigenvalue weighted by Gasteiger charge is -2.22. The molecule has 0 fully saturated rings. The Hall–Kier alpha value is -1.29. The molecular weight excluding hydrogens is 193 g/mol. The maximum absolute atomic E-state index is 13.1. The van der Waals surface area contributed by atoms with Crippen LogP contribution in [0.15, 0.2) is 18.2 Å². The molecule has 0 unspecified atom stereocenters. The van der Waals surface area contributed by atoms with Gasteiger partial charge in [-0.2, -0.15) is 0 Å². The van der Waals surface area contributed by atoms with Crippen molar-refractivity contribution >= 4 is 11.4 Å². The predicted molar refractivity (Wildman–Crippen MR) is 63.1 cm³/mol. The largest absolute Gasteiger partial charge is 0.386 e. The topological polar surface area (TPSA) is 27.3 Å². The number of halogens is 1. The van der Waals surface area contributed by atoms with Crippen LogP contribution in [0.2, 0.25) is 0 Å². The van der Waals surface area contributed by atoms with Crippen LogP contribution in [0.4, 0.5) is 15.8 Å². The van der Waals surface area contributed by atoms with E-state index in [1.807, 2.05) is 26.0 Å². The third-order valence-corrected chi connectivity index (χ3v) is 2.34. The zero-order valence-corrected chi connectivity index (χ0v) is 9.47. The van der Waals surface area contributed by atoms with Crippen molar-refractivity contribution in [1.82, 2.24) is 5.32 Å². The molecule has 0 radical (unpaired) electrons. The number of anilines is 2. The number of likely N-dealkylation sites (N-methyl/N-ethyl adjacent to an activating group) is 2. The Bertz CT molecular complexity index is 315. The van der Waals surface area contributed by atoms with Crippen LogP contribution in [0.3, 0.4) is 0 Å². The summed E-state index contributed by atoms with van der Waals surface area (Å²) in [6, 6.07) is 4.75. The summed E-state index contributed by atoms with van der Waals surface area (Å²) in [5.74, 6) is -0.208. The first-order chi connectivity index (χ1) is 7.19. The molecular formula is C11H18FN3. The summed E-state index contributed by atoms with van der Waals surface area (Å²) in [6.07, 6.45) is 0. The Morgan fingerprint density at radius 3 is 2.67 bits per heavy atom. The predicted octanol–water partition coefficient (Wildman–Crippen LogP) is 1.52. The molecule has 0 atom stereocenters. The van der Waals surface area contributed by atoms with Gasteiger partial charge in [-0.05, 0) is 25.2 Å². The lowest BCUT2D eigenvalue weighted by molar-refractivity contribution is 0.627. The molecule has 0 amide bonds. The van der Waals surface area contributed by atoms with Crippen LogP contribution in [0, 0.1) is 5.82 Å². The molecule has 0 heterocycles. The number of nitrogens with one attached hydrogen (secondary N) is 2. The molecule has 4 heteroatoms. The van der Waals surface area contributed by atoms with Gasteiger partial charge >= 0.3 is 0 Å². The summed E-state index contributed by atoms with van der Waals surface area (Å²) < 4.78 is 13.1. The van der Waals surface area contributed by atoms with E-state index in [4.69, 9.17) is 0 Å². The third-order valence-electron chi connectivity index (χ3n) is 2.34. The highest BCUT2D eigenvalue weighted by Crippen LogP contribution is 2.25. The Labute approximate surface area is 90.3 Å². The zero-order chi connectivity index (χ0) is 11.3. The molecule has 2 N–H and O–H groups in total. The second kappa shape index (κ2) is 5.56. The second-order valence-corrected chi connectivity index (χ2v) is 3.44. The molecule has 0 spiro atoms. The average molecular weight is 211 g/mol. The van der Waals surface area contributed by atoms with Crippen LogP contribution >= 0.6 is 0 Å². The Morgan fingerprint density at radius 2 is 2.07 bits per heavy atom. The van der Waals surface area contributed by atoms with Crippen LogP contribution in [-0.2, 0) is 0 Å². The van der Waals surface area contributed by atoms with Crippen LogP contribution in [-0.4, -0.2) is 34.2 Å². The summed E-state index contributed by atoms with van der Waals surface area (Å²) in [5, 5.41) is 6.12. The fraction of sp³-hybridized carbons (Fsp3) is 0.455. The highest BCUT2D eigenvalue weighted by Gasteiger charge is 2.07. The van der Waals surface area contributed by atoms with Gasteiger partial charge in [0.15, 0.2) is 0 Å². The molecule has 0 aliphatic rings. The number of hydrogen-bond donors (Lipinski definition) is 2. The van der Waals surface area contributed by atoms with E-state index in [0.29, 0.717) is 0 Å². The standard InChI is InChI=1S/C11H18FN3/c1-13-6-7-15(3)11-8-9(12)4-5-10(11)14-2/h4-5,8,13-14H,6-7H2,1-3H3. The smallest absolute Gasteiger partial charge is 0.125 e. The van der Waals surface area contributed by atoms with Crippen LogP contribution in [0.1, 0.15) is 0 Å². The molecule has 84 valence electrons. The summed E-state index contributed by atoms with van der Waals surface area (Å²) in [7, 11) is 5.69. The van der Waals surface area contributed by atoms with E-state index < -0.39 is 0 Å². The van der Waals surface area contributed by atoms with E-state index in [1.165, 1.54) is 6.07 Å². The molecule has 1 aromatic rings. The monoisotopic (exact) mass is 211 g/mol. The summed E-state index contributed by atoms with van der Waals surface area (Å²) in [5.41, 5.74) is 1.82. The average Bonchev–Trinajstić information content (AvgIpc) is 2.25. The summed E-state index contributed by atoms with van der Waals surface area (Å²) in [6.45, 7) is 1.71. The van der Waals surface area contributed by atoms with Crippen molar-refractivity contribution in [3.63, 3.8) is 0 Å². The minimum atomic E-state index is -0.208. The summed E-state index contributed by atoms with van der Waals surface area (Å²) in [4.78, 5) is 2.02. The van der Waals surface area contributed by atoms with E-state index in [0.717, 1.165) is 24.5 Å². The van der Waals surface area contributed by atoms with Crippen molar-refractivity contribution in [1.29, 1.82) is 0 Å². The van der Waals surface area contributed by atoms with E-state index in [2.05, 4.69) is 10.6 Å². The van der Waals surface area contributed by atoms with Crippen molar-refractivity contribution in [2.45, 2.75) is 0 Å². The molecule has 0 bridgehead atoms. The molecule has 0 aromatic heterocycles. The number of nitrogens with zero attached hydrogens (tertiary/aromatic N) is 1. The molecule has 15 heavy (non-hydrogen) atoms. The first kappa shape index (κ1) is 11.8. The maximum Gasteiger partial charge on any atom is 0.125 e. The first-order valence-electron chi connectivity index (χ1n) is 5.02. The number of benzene rings is 1. The number of rotatable bonds is 5. The van der Waals surface area contributed by atoms with Crippen molar-refractivity contribution in [2.24, 2.45) is 0 Å². The molecule has 0 saturated heterocycles. The quantitative estimate of drug-likeness (QED) is 0.773. The molecule has 0 aliphatic carbocycles. The van der Waals surface area contributed by atoms with Gasteiger partial charge in [-0.15, -0.1) is 0 Å². The highest BCUT2D eigenvalue weighted by molar-refractivity contribution is 5.69. The Balaban J connectivity index is 2.85. The summed E-state index contributed by atoms with van der Waals surface area (Å²) >= 11 is 0.